The minimum atomic E-state index is -0.245. The second-order valence-corrected chi connectivity index (χ2v) is 6.70. The minimum absolute atomic E-state index is 0.245. The van der Waals surface area contributed by atoms with Crippen molar-refractivity contribution >= 4 is 27.5 Å². The molecule has 3 aromatic rings. The molecule has 0 saturated heterocycles. The second-order valence-electron chi connectivity index (χ2n) is 5.72. The number of nitrogens with zero attached hydrogens (tertiary/aromatic N) is 4. The molecule has 0 bridgehead atoms. The molecule has 3 rings (SSSR count). The lowest BCUT2D eigenvalue weighted by Crippen LogP contribution is -2.15. The molecule has 6 heteroatoms. The molecule has 0 aliphatic carbocycles. The smallest absolute Gasteiger partial charge is 0.297 e. The van der Waals surface area contributed by atoms with Crippen LogP contribution in [0.15, 0.2) is 23.2 Å². The van der Waals surface area contributed by atoms with Gasteiger partial charge in [-0.05, 0) is 44.9 Å². The molecule has 0 aliphatic rings. The van der Waals surface area contributed by atoms with Crippen LogP contribution in [0.5, 0.6) is 0 Å². The average molecular weight is 328 g/mol. The van der Waals surface area contributed by atoms with Crippen LogP contribution in [0.25, 0.3) is 10.2 Å². The number of carbonyl (C=O) groups excluding carboxylic acids is 1. The number of aryl methyl sites for hydroxylation is 5. The van der Waals surface area contributed by atoms with Crippen LogP contribution in [0.2, 0.25) is 0 Å². The van der Waals surface area contributed by atoms with E-state index in [4.69, 9.17) is 0 Å². The molecule has 0 fully saturated rings. The number of fused-ring (bicyclic) bond motifs is 1. The van der Waals surface area contributed by atoms with Gasteiger partial charge >= 0.3 is 0 Å². The third-order valence-electron chi connectivity index (χ3n) is 3.96. The summed E-state index contributed by atoms with van der Waals surface area (Å²) in [5.74, 6) is -0.245. The van der Waals surface area contributed by atoms with E-state index in [0.29, 0.717) is 17.0 Å². The van der Waals surface area contributed by atoms with E-state index in [1.807, 2.05) is 25.5 Å². The summed E-state index contributed by atoms with van der Waals surface area (Å²) in [5.41, 5.74) is 4.90. The predicted molar refractivity (Wildman–Crippen MR) is 92.8 cm³/mol. The van der Waals surface area contributed by atoms with Crippen molar-refractivity contribution in [2.75, 3.05) is 0 Å². The van der Waals surface area contributed by atoms with Gasteiger partial charge in [0.05, 0.1) is 15.9 Å². The third-order valence-corrected chi connectivity index (χ3v) is 5.23. The highest BCUT2D eigenvalue weighted by atomic mass is 32.1. The maximum atomic E-state index is 12.6. The molecule has 0 N–H and O–H groups in total. The van der Waals surface area contributed by atoms with Gasteiger partial charge < -0.3 is 4.57 Å². The lowest BCUT2D eigenvalue weighted by Gasteiger charge is -2.02. The number of benzene rings is 1. The van der Waals surface area contributed by atoms with Gasteiger partial charge in [0.1, 0.15) is 5.69 Å². The van der Waals surface area contributed by atoms with Crippen molar-refractivity contribution in [3.05, 3.63) is 45.5 Å². The minimum Gasteiger partial charge on any atom is -0.319 e. The fourth-order valence-electron chi connectivity index (χ4n) is 2.77. The van der Waals surface area contributed by atoms with Crippen LogP contribution >= 0.6 is 11.3 Å². The summed E-state index contributed by atoms with van der Waals surface area (Å²) >= 11 is 1.55. The SMILES string of the molecule is CCn1nc(C)cc1C(=O)N=c1sc2c(C)ccc(C)c2n1C. The predicted octanol–water partition coefficient (Wildman–Crippen LogP) is 3.12. The van der Waals surface area contributed by atoms with Gasteiger partial charge in [0.2, 0.25) is 0 Å². The van der Waals surface area contributed by atoms with Crippen LogP contribution in [-0.2, 0) is 13.6 Å². The first-order valence-corrected chi connectivity index (χ1v) is 8.43. The summed E-state index contributed by atoms with van der Waals surface area (Å²) in [6.45, 7) is 8.67. The zero-order valence-corrected chi connectivity index (χ0v) is 14.9. The number of carbonyl (C=O) groups is 1. The summed E-state index contributed by atoms with van der Waals surface area (Å²) < 4.78 is 4.88. The van der Waals surface area contributed by atoms with Gasteiger partial charge in [0.25, 0.3) is 5.91 Å². The standard InChI is InChI=1S/C17H20N4OS/c1-6-21-13(9-12(4)19-21)16(22)18-17-20(5)14-10(2)7-8-11(3)15(14)23-17/h7-9H,6H2,1-5H3. The Morgan fingerprint density at radius 2 is 1.96 bits per heavy atom. The molecule has 120 valence electrons. The van der Waals surface area contributed by atoms with E-state index in [2.05, 4.69) is 36.1 Å². The number of hydrogen-bond donors (Lipinski definition) is 0. The molecule has 1 amide bonds. The Hall–Kier alpha value is -2.21. The van der Waals surface area contributed by atoms with Crippen molar-refractivity contribution in [1.82, 2.24) is 14.3 Å². The molecule has 0 spiro atoms. The number of amides is 1. The maximum Gasteiger partial charge on any atom is 0.297 e. The van der Waals surface area contributed by atoms with Crippen molar-refractivity contribution < 1.29 is 4.79 Å². The van der Waals surface area contributed by atoms with Crippen LogP contribution in [-0.4, -0.2) is 20.3 Å². The first kappa shape index (κ1) is 15.7. The Balaban J connectivity index is 2.18. The highest BCUT2D eigenvalue weighted by Gasteiger charge is 2.14. The van der Waals surface area contributed by atoms with Crippen LogP contribution in [0.4, 0.5) is 0 Å². The van der Waals surface area contributed by atoms with E-state index < -0.39 is 0 Å². The lowest BCUT2D eigenvalue weighted by molar-refractivity contribution is 0.0988. The molecule has 0 atom stereocenters. The van der Waals surface area contributed by atoms with Gasteiger partial charge in [-0.2, -0.15) is 10.1 Å². The highest BCUT2D eigenvalue weighted by Crippen LogP contribution is 2.24. The zero-order chi connectivity index (χ0) is 16.7. The maximum absolute atomic E-state index is 12.6. The molecule has 0 aliphatic heterocycles. The Bertz CT molecular complexity index is 975. The molecule has 2 aromatic heterocycles. The highest BCUT2D eigenvalue weighted by molar-refractivity contribution is 7.16. The van der Waals surface area contributed by atoms with Gasteiger partial charge in [0.15, 0.2) is 4.80 Å². The molecule has 2 heterocycles. The fourth-order valence-corrected chi connectivity index (χ4v) is 3.94. The molecule has 5 nitrogen and oxygen atoms in total. The van der Waals surface area contributed by atoms with Gasteiger partial charge in [-0.3, -0.25) is 9.48 Å². The summed E-state index contributed by atoms with van der Waals surface area (Å²) in [5, 5.41) is 4.32. The van der Waals surface area contributed by atoms with E-state index in [1.54, 1.807) is 22.1 Å². The monoisotopic (exact) mass is 328 g/mol. The van der Waals surface area contributed by atoms with Gasteiger partial charge in [0, 0.05) is 13.6 Å². The average Bonchev–Trinajstić information content (AvgIpc) is 3.05. The van der Waals surface area contributed by atoms with E-state index in [-0.39, 0.29) is 5.91 Å². The van der Waals surface area contributed by atoms with E-state index in [1.165, 1.54) is 15.8 Å². The third kappa shape index (κ3) is 2.63. The van der Waals surface area contributed by atoms with Gasteiger partial charge in [-0.15, -0.1) is 0 Å². The molecule has 23 heavy (non-hydrogen) atoms. The molecule has 1 aromatic carbocycles. The van der Waals surface area contributed by atoms with E-state index in [9.17, 15) is 4.79 Å². The molecule has 0 unspecified atom stereocenters. The molecular formula is C17H20N4OS. The lowest BCUT2D eigenvalue weighted by atomic mass is 10.1. The Morgan fingerprint density at radius 3 is 2.61 bits per heavy atom. The number of rotatable bonds is 2. The molecule has 0 saturated carbocycles. The fraction of sp³-hybridized carbons (Fsp3) is 0.353. The molecule has 0 radical (unpaired) electrons. The van der Waals surface area contributed by atoms with E-state index in [0.717, 1.165) is 11.2 Å². The van der Waals surface area contributed by atoms with Crippen molar-refractivity contribution in [2.24, 2.45) is 12.0 Å². The normalized spacial score (nSPS) is 12.3. The van der Waals surface area contributed by atoms with Crippen molar-refractivity contribution in [2.45, 2.75) is 34.2 Å². The van der Waals surface area contributed by atoms with Crippen molar-refractivity contribution in [3.63, 3.8) is 0 Å². The number of thiazole rings is 1. The Kier molecular flexibility index (Phi) is 3.93. The van der Waals surface area contributed by atoms with Crippen molar-refractivity contribution in [1.29, 1.82) is 0 Å². The van der Waals surface area contributed by atoms with Crippen LogP contribution < -0.4 is 4.80 Å². The topological polar surface area (TPSA) is 52.2 Å². The number of hydrogen-bond acceptors (Lipinski definition) is 3. The Morgan fingerprint density at radius 1 is 1.26 bits per heavy atom. The van der Waals surface area contributed by atoms with Gasteiger partial charge in [-0.25, -0.2) is 0 Å². The summed E-state index contributed by atoms with van der Waals surface area (Å²) in [6.07, 6.45) is 0. The summed E-state index contributed by atoms with van der Waals surface area (Å²) in [6, 6.07) is 6.00. The van der Waals surface area contributed by atoms with Crippen LogP contribution in [0.1, 0.15) is 34.2 Å². The Labute approximate surface area is 138 Å². The summed E-state index contributed by atoms with van der Waals surface area (Å²) in [7, 11) is 1.96. The first-order chi connectivity index (χ1) is 10.9. The van der Waals surface area contributed by atoms with Crippen LogP contribution in [0.3, 0.4) is 0 Å². The van der Waals surface area contributed by atoms with E-state index >= 15 is 0 Å². The largest absolute Gasteiger partial charge is 0.319 e. The first-order valence-electron chi connectivity index (χ1n) is 7.61. The van der Waals surface area contributed by atoms with Gasteiger partial charge in [-0.1, -0.05) is 23.5 Å². The second kappa shape index (κ2) is 5.77. The quantitative estimate of drug-likeness (QED) is 0.726. The van der Waals surface area contributed by atoms with Crippen molar-refractivity contribution in [3.8, 4) is 0 Å². The zero-order valence-electron chi connectivity index (χ0n) is 14.0. The van der Waals surface area contributed by atoms with Crippen LogP contribution in [0, 0.1) is 20.8 Å². The number of aromatic nitrogens is 3. The molecular weight excluding hydrogens is 308 g/mol. The summed E-state index contributed by atoms with van der Waals surface area (Å²) in [4.78, 5) is 17.6.